The van der Waals surface area contributed by atoms with E-state index < -0.39 is 0 Å². The zero-order valence-electron chi connectivity index (χ0n) is 50.8. The van der Waals surface area contributed by atoms with E-state index in [-0.39, 0.29) is 0 Å². The fourth-order valence-corrected chi connectivity index (χ4v) is 9.98. The number of rotatable bonds is 28. The van der Waals surface area contributed by atoms with Gasteiger partial charge in [0.05, 0.1) is 0 Å². The molecule has 7 aromatic rings. The van der Waals surface area contributed by atoms with E-state index in [1.807, 2.05) is 0 Å². The summed E-state index contributed by atoms with van der Waals surface area (Å²) in [6.45, 7) is 26.0. The van der Waals surface area contributed by atoms with Crippen LogP contribution in [0.4, 0.5) is 22.7 Å². The summed E-state index contributed by atoms with van der Waals surface area (Å²) in [6, 6.07) is 86.2. The highest BCUT2D eigenvalue weighted by atomic mass is 15.1. The monoisotopic (exact) mass is 1080 g/mol. The van der Waals surface area contributed by atoms with Gasteiger partial charge in [-0.3, -0.25) is 0 Å². The molecular formula is C78H86N4. The van der Waals surface area contributed by atoms with Crippen molar-refractivity contribution in [2.24, 2.45) is 0 Å². The Balaban J connectivity index is 1.58. The second kappa shape index (κ2) is 33.5. The number of fused-ring (bicyclic) bond motifs is 6. The van der Waals surface area contributed by atoms with Crippen molar-refractivity contribution >= 4 is 87.4 Å². The normalized spacial score (nSPS) is 10.3. The van der Waals surface area contributed by atoms with Gasteiger partial charge in [0.2, 0.25) is 0 Å². The van der Waals surface area contributed by atoms with Crippen LogP contribution < -0.4 is 19.6 Å². The topological polar surface area (TPSA) is 13.0 Å². The highest BCUT2D eigenvalue weighted by molar-refractivity contribution is 5.96. The lowest BCUT2D eigenvalue weighted by atomic mass is 10.1. The smallest absolute Gasteiger partial charge is 0.0432 e. The molecular weight excluding hydrogens is 993 g/mol. The second-order valence-electron chi connectivity index (χ2n) is 21.6. The van der Waals surface area contributed by atoms with Crippen LogP contribution in [0.3, 0.4) is 0 Å². The molecule has 7 aromatic carbocycles. The first-order valence-corrected chi connectivity index (χ1v) is 31.2. The van der Waals surface area contributed by atoms with Gasteiger partial charge >= 0.3 is 0 Å². The van der Waals surface area contributed by atoms with E-state index in [9.17, 15) is 0 Å². The molecule has 0 saturated heterocycles. The molecule has 0 bridgehead atoms. The minimum absolute atomic E-state index is 0.763. The summed E-state index contributed by atoms with van der Waals surface area (Å²) < 4.78 is 0. The summed E-state index contributed by atoms with van der Waals surface area (Å²) in [5, 5.41) is 9.83. The summed E-state index contributed by atoms with van der Waals surface area (Å²) >= 11 is 0. The van der Waals surface area contributed by atoms with E-state index in [0.717, 1.165) is 242 Å². The Labute approximate surface area is 496 Å². The molecule has 0 heterocycles. The fourth-order valence-electron chi connectivity index (χ4n) is 9.98. The molecule has 82 heavy (non-hydrogen) atoms. The Morgan fingerprint density at radius 1 is 0.207 bits per heavy atom. The van der Waals surface area contributed by atoms with Gasteiger partial charge in [0.1, 0.15) is 0 Å². The number of anilines is 4. The van der Waals surface area contributed by atoms with Crippen molar-refractivity contribution in [2.75, 3.05) is 72.0 Å². The van der Waals surface area contributed by atoms with Gasteiger partial charge < -0.3 is 19.6 Å². The highest BCUT2D eigenvalue weighted by Gasteiger charge is 2.11. The van der Waals surface area contributed by atoms with E-state index in [1.54, 1.807) is 0 Å². The van der Waals surface area contributed by atoms with Crippen LogP contribution in [0.25, 0.3) is 64.6 Å². The highest BCUT2D eigenvalue weighted by Crippen LogP contribution is 2.26. The van der Waals surface area contributed by atoms with Gasteiger partial charge in [-0.1, -0.05) is 180 Å². The molecule has 0 radical (unpaired) electrons. The van der Waals surface area contributed by atoms with Gasteiger partial charge in [-0.15, -0.1) is 0 Å². The zero-order chi connectivity index (χ0) is 57.7. The van der Waals surface area contributed by atoms with Crippen molar-refractivity contribution in [3.63, 3.8) is 0 Å². The molecule has 0 aromatic heterocycles. The first-order valence-electron chi connectivity index (χ1n) is 31.2. The van der Waals surface area contributed by atoms with Crippen molar-refractivity contribution in [1.29, 1.82) is 0 Å². The average Bonchev–Trinajstić information content (AvgIpc) is 3.50. The number of benzene rings is 5. The predicted octanol–water partition coefficient (Wildman–Crippen LogP) is 19.5. The molecule has 0 spiro atoms. The van der Waals surface area contributed by atoms with Crippen molar-refractivity contribution in [3.05, 3.63) is 182 Å². The Morgan fingerprint density at radius 2 is 0.378 bits per heavy atom. The van der Waals surface area contributed by atoms with Crippen LogP contribution in [0.15, 0.2) is 84.9 Å². The van der Waals surface area contributed by atoms with Crippen LogP contribution in [0.5, 0.6) is 0 Å². The molecule has 0 N–H and O–H groups in total. The summed E-state index contributed by atoms with van der Waals surface area (Å²) in [4.78, 5) is 10.0. The van der Waals surface area contributed by atoms with Crippen LogP contribution in [0, 0.1) is 97.1 Å². The van der Waals surface area contributed by atoms with Gasteiger partial charge in [-0.2, -0.15) is 0 Å². The van der Waals surface area contributed by atoms with E-state index in [1.165, 1.54) is 0 Å². The Bertz CT molecular complexity index is 2900. The molecule has 0 saturated carbocycles. The van der Waals surface area contributed by atoms with Crippen LogP contribution in [-0.2, 0) is 0 Å². The van der Waals surface area contributed by atoms with Crippen molar-refractivity contribution in [2.45, 2.75) is 158 Å². The number of unbranched alkanes of at least 4 members (excludes halogenated alkanes) is 8. The quantitative estimate of drug-likeness (QED) is 0.0485. The molecule has 0 aliphatic rings. The molecule has 4 nitrogen and oxygen atoms in total. The minimum Gasteiger partial charge on any atom is -0.372 e. The molecule has 0 aliphatic heterocycles. The molecule has 0 aliphatic carbocycles. The minimum atomic E-state index is 0.763. The largest absolute Gasteiger partial charge is 0.372 e. The Hall–Kier alpha value is -8.22. The third kappa shape index (κ3) is 17.9. The van der Waals surface area contributed by atoms with Crippen molar-refractivity contribution < 1.29 is 0 Å². The molecule has 4 heteroatoms. The van der Waals surface area contributed by atoms with E-state index >= 15 is 0 Å². The van der Waals surface area contributed by atoms with Crippen LogP contribution >= 0.6 is 0 Å². The second-order valence-corrected chi connectivity index (χ2v) is 21.6. The average molecular weight is 1080 g/mol. The van der Waals surface area contributed by atoms with E-state index in [2.05, 4.69) is 257 Å². The van der Waals surface area contributed by atoms with E-state index in [4.69, 9.17) is 0 Å². The van der Waals surface area contributed by atoms with Gasteiger partial charge in [0.15, 0.2) is 0 Å². The maximum atomic E-state index is 3.62. The lowest BCUT2D eigenvalue weighted by Gasteiger charge is -2.24. The molecule has 418 valence electrons. The lowest BCUT2D eigenvalue weighted by Crippen LogP contribution is -2.25. The van der Waals surface area contributed by atoms with Crippen molar-refractivity contribution in [3.8, 4) is 0 Å². The summed E-state index contributed by atoms with van der Waals surface area (Å²) in [7, 11) is 0. The SMILES string of the molecule is CCCCN(CCCC)c1ccc2c#cc3cc4c#cc5ccc(N(CCCC)CCCC)cc5c#cc#cc5cc(N(CCCC)CCCC)ccc5c#cc4cc3c#cc3ccc(N(CCCC)CCCC)cc3c#cc#cc2c1. The third-order valence-corrected chi connectivity index (χ3v) is 15.1. The molecule has 0 unspecified atom stereocenters. The van der Waals surface area contributed by atoms with E-state index in [0.29, 0.717) is 0 Å². The van der Waals surface area contributed by atoms with Crippen LogP contribution in [-0.4, -0.2) is 52.4 Å². The number of hydrogen-bond acceptors (Lipinski definition) is 4. The molecule has 0 atom stereocenters. The maximum absolute atomic E-state index is 3.62. The third-order valence-electron chi connectivity index (χ3n) is 15.1. The van der Waals surface area contributed by atoms with Gasteiger partial charge in [-0.05, 0) is 161 Å². The fraction of sp³-hybridized carbons (Fsp3) is 0.410. The summed E-state index contributed by atoms with van der Waals surface area (Å²) in [5.41, 5.74) is 4.64. The summed E-state index contributed by atoms with van der Waals surface area (Å²) in [6.07, 6.45) is 18.0. The standard InChI is InChI=1S/C78H86N4/c1-9-17-49-79(50-18-10-2)75-45-41-63-33-37-71-57-73-39-35-65-43-47-77(81(53-21-13-5)54-22-14-6)61-69(65)31-27-28-32-70-62-78(82(55-23-15-7)56-24-16-8)48-44-66(70)36-40-74(73)58-72(71)38-34-64-42-46-76(80(51-19-11-3)52-20-12-4)60-68(64)30-26-25-29-67(63)59-75/h41-48,57-62H,9-24,49-56H2,1-8H3. The molecule has 0 fully saturated rings. The predicted molar refractivity (Wildman–Crippen MR) is 351 cm³/mol. The van der Waals surface area contributed by atoms with Crippen molar-refractivity contribution in [1.82, 2.24) is 0 Å². The van der Waals surface area contributed by atoms with Crippen LogP contribution in [0.1, 0.15) is 158 Å². The molecule has 7 rings (SSSR count). The van der Waals surface area contributed by atoms with Crippen LogP contribution in [0.2, 0.25) is 0 Å². The summed E-state index contributed by atoms with van der Waals surface area (Å²) in [5.74, 6) is 0. The Kier molecular flexibility index (Phi) is 25.1. The zero-order valence-corrected chi connectivity index (χ0v) is 50.8. The first-order chi connectivity index (χ1) is 40.3. The first kappa shape index (κ1) is 61.4. The number of nitrogens with zero attached hydrogens (tertiary/aromatic N) is 4. The van der Waals surface area contributed by atoms with Gasteiger partial charge in [-0.25, -0.2) is 0 Å². The van der Waals surface area contributed by atoms with Gasteiger partial charge in [0, 0.05) is 140 Å². The molecule has 0 amide bonds. The Morgan fingerprint density at radius 3 is 0.561 bits per heavy atom. The lowest BCUT2D eigenvalue weighted by molar-refractivity contribution is 0.678. The van der Waals surface area contributed by atoms with Gasteiger partial charge in [0.25, 0.3) is 0 Å². The maximum Gasteiger partial charge on any atom is 0.0432 e. The number of hydrogen-bond donors (Lipinski definition) is 0.